The number of hydrogen-bond donors (Lipinski definition) is 2. The van der Waals surface area contributed by atoms with E-state index in [1.165, 1.54) is 0 Å². The third-order valence-corrected chi connectivity index (χ3v) is 3.94. The van der Waals surface area contributed by atoms with Gasteiger partial charge in [-0.1, -0.05) is 6.07 Å². The number of furan rings is 1. The highest BCUT2D eigenvalue weighted by Crippen LogP contribution is 2.23. The summed E-state index contributed by atoms with van der Waals surface area (Å²) in [5.41, 5.74) is 6.88. The van der Waals surface area contributed by atoms with Gasteiger partial charge < -0.3 is 15.5 Å². The number of aryl methyl sites for hydroxylation is 1. The van der Waals surface area contributed by atoms with E-state index in [9.17, 15) is 4.79 Å². The van der Waals surface area contributed by atoms with Gasteiger partial charge in [0.15, 0.2) is 0 Å². The summed E-state index contributed by atoms with van der Waals surface area (Å²) >= 11 is 3.34. The molecule has 0 aliphatic heterocycles. The molecular weight excluding hydrogens is 320 g/mol. The first-order valence-corrected chi connectivity index (χ1v) is 7.24. The molecule has 1 heterocycles. The molecule has 1 atom stereocenters. The van der Waals surface area contributed by atoms with E-state index >= 15 is 0 Å². The monoisotopic (exact) mass is 336 g/mol. The van der Waals surface area contributed by atoms with Crippen LogP contribution < -0.4 is 11.1 Å². The van der Waals surface area contributed by atoms with Crippen molar-refractivity contribution < 1.29 is 9.21 Å². The average molecular weight is 337 g/mol. The Kier molecular flexibility index (Phi) is 4.84. The van der Waals surface area contributed by atoms with Gasteiger partial charge in [-0.25, -0.2) is 0 Å². The summed E-state index contributed by atoms with van der Waals surface area (Å²) in [7, 11) is 0. The third-order valence-electron chi connectivity index (χ3n) is 3.05. The van der Waals surface area contributed by atoms with E-state index in [4.69, 9.17) is 10.2 Å². The lowest BCUT2D eigenvalue weighted by molar-refractivity contribution is 0.0937. The first-order valence-electron chi connectivity index (χ1n) is 6.45. The number of nitrogens with two attached hydrogens (primary N) is 1. The van der Waals surface area contributed by atoms with Crippen molar-refractivity contribution >= 4 is 27.5 Å². The molecule has 1 unspecified atom stereocenters. The second kappa shape index (κ2) is 6.61. The Bertz CT molecular complexity index is 582. The highest BCUT2D eigenvalue weighted by Gasteiger charge is 2.14. The van der Waals surface area contributed by atoms with Crippen molar-refractivity contribution in [3.05, 3.63) is 52.4 Å². The molecule has 0 radical (unpaired) electrons. The largest absolute Gasteiger partial charge is 0.469 e. The number of amides is 1. The van der Waals surface area contributed by atoms with Crippen molar-refractivity contribution in [3.63, 3.8) is 0 Å². The summed E-state index contributed by atoms with van der Waals surface area (Å²) < 4.78 is 5.91. The summed E-state index contributed by atoms with van der Waals surface area (Å²) in [4.78, 5) is 12.2. The van der Waals surface area contributed by atoms with Gasteiger partial charge in [-0.3, -0.25) is 4.79 Å². The molecule has 2 rings (SSSR count). The van der Waals surface area contributed by atoms with Crippen LogP contribution in [0.15, 0.2) is 45.5 Å². The van der Waals surface area contributed by atoms with Crippen molar-refractivity contribution in [2.75, 3.05) is 5.73 Å². The second-order valence-electron chi connectivity index (χ2n) is 4.70. The number of carbonyl (C=O) groups is 1. The number of anilines is 1. The van der Waals surface area contributed by atoms with E-state index in [0.717, 1.165) is 18.6 Å². The standard InChI is InChI=1S/C15H17BrN2O2/c1-10(7-8-11-4-3-9-20-11)18-15(19)12-5-2-6-13(17)14(12)16/h2-6,9-10H,7-8,17H2,1H3,(H,18,19). The zero-order valence-corrected chi connectivity index (χ0v) is 12.8. The minimum atomic E-state index is -0.129. The third kappa shape index (κ3) is 3.63. The minimum Gasteiger partial charge on any atom is -0.469 e. The van der Waals surface area contributed by atoms with Gasteiger partial charge >= 0.3 is 0 Å². The van der Waals surface area contributed by atoms with Crippen LogP contribution in [0.1, 0.15) is 29.5 Å². The molecule has 1 aromatic carbocycles. The van der Waals surface area contributed by atoms with Crippen molar-refractivity contribution in [2.45, 2.75) is 25.8 Å². The van der Waals surface area contributed by atoms with Gasteiger partial charge in [0.25, 0.3) is 5.91 Å². The van der Waals surface area contributed by atoms with Crippen molar-refractivity contribution in [2.24, 2.45) is 0 Å². The Morgan fingerprint density at radius 2 is 2.20 bits per heavy atom. The van der Waals surface area contributed by atoms with Crippen LogP contribution in [0.4, 0.5) is 5.69 Å². The number of halogens is 1. The maximum Gasteiger partial charge on any atom is 0.252 e. The quantitative estimate of drug-likeness (QED) is 0.822. The Labute approximate surface area is 126 Å². The van der Waals surface area contributed by atoms with E-state index < -0.39 is 0 Å². The van der Waals surface area contributed by atoms with Gasteiger partial charge in [0.05, 0.1) is 16.3 Å². The maximum atomic E-state index is 12.2. The molecule has 0 aliphatic carbocycles. The zero-order valence-electron chi connectivity index (χ0n) is 11.2. The van der Waals surface area contributed by atoms with Crippen molar-refractivity contribution in [1.82, 2.24) is 5.32 Å². The molecule has 0 saturated heterocycles. The number of nitrogen functional groups attached to an aromatic ring is 1. The summed E-state index contributed by atoms with van der Waals surface area (Å²) in [6.07, 6.45) is 3.27. The molecule has 0 bridgehead atoms. The van der Waals surface area contributed by atoms with Crippen LogP contribution in [0.5, 0.6) is 0 Å². The highest BCUT2D eigenvalue weighted by molar-refractivity contribution is 9.10. The molecule has 20 heavy (non-hydrogen) atoms. The zero-order chi connectivity index (χ0) is 14.5. The number of benzene rings is 1. The fraction of sp³-hybridized carbons (Fsp3) is 0.267. The van der Waals surface area contributed by atoms with Crippen LogP contribution in [0, 0.1) is 0 Å². The molecule has 1 aromatic heterocycles. The Morgan fingerprint density at radius 3 is 2.90 bits per heavy atom. The number of carbonyl (C=O) groups excluding carboxylic acids is 1. The predicted molar refractivity (Wildman–Crippen MR) is 82.5 cm³/mol. The second-order valence-corrected chi connectivity index (χ2v) is 5.49. The molecule has 0 spiro atoms. The fourth-order valence-corrected chi connectivity index (χ4v) is 2.36. The summed E-state index contributed by atoms with van der Waals surface area (Å²) in [6, 6.07) is 9.12. The molecule has 2 aromatic rings. The van der Waals surface area contributed by atoms with E-state index in [0.29, 0.717) is 15.7 Å². The molecule has 3 N–H and O–H groups in total. The average Bonchev–Trinajstić information content (AvgIpc) is 2.92. The van der Waals surface area contributed by atoms with Crippen LogP contribution in [0.2, 0.25) is 0 Å². The van der Waals surface area contributed by atoms with E-state index in [1.54, 1.807) is 24.5 Å². The fourth-order valence-electron chi connectivity index (χ4n) is 1.91. The van der Waals surface area contributed by atoms with Crippen LogP contribution >= 0.6 is 15.9 Å². The van der Waals surface area contributed by atoms with Gasteiger partial charge in [0, 0.05) is 18.2 Å². The Hall–Kier alpha value is -1.75. The van der Waals surface area contributed by atoms with Crippen LogP contribution in [0.3, 0.4) is 0 Å². The molecule has 0 fully saturated rings. The predicted octanol–water partition coefficient (Wildman–Crippen LogP) is 3.38. The molecule has 106 valence electrons. The summed E-state index contributed by atoms with van der Waals surface area (Å²) in [5.74, 6) is 0.798. The van der Waals surface area contributed by atoms with E-state index in [2.05, 4.69) is 21.2 Å². The SMILES string of the molecule is CC(CCc1ccco1)NC(=O)c1cccc(N)c1Br. The highest BCUT2D eigenvalue weighted by atomic mass is 79.9. The van der Waals surface area contributed by atoms with Gasteiger partial charge in [0.2, 0.25) is 0 Å². The van der Waals surface area contributed by atoms with E-state index in [1.807, 2.05) is 19.1 Å². The molecule has 5 heteroatoms. The van der Waals surface area contributed by atoms with Gasteiger partial charge in [0.1, 0.15) is 5.76 Å². The molecule has 0 aliphatic rings. The topological polar surface area (TPSA) is 68.3 Å². The first kappa shape index (κ1) is 14.7. The normalized spacial score (nSPS) is 12.1. The van der Waals surface area contributed by atoms with Gasteiger partial charge in [-0.2, -0.15) is 0 Å². The molecule has 0 saturated carbocycles. The number of rotatable bonds is 5. The Morgan fingerprint density at radius 1 is 1.40 bits per heavy atom. The van der Waals surface area contributed by atoms with E-state index in [-0.39, 0.29) is 11.9 Å². The Balaban J connectivity index is 1.92. The lowest BCUT2D eigenvalue weighted by Gasteiger charge is -2.14. The smallest absolute Gasteiger partial charge is 0.252 e. The first-order chi connectivity index (χ1) is 9.58. The van der Waals surface area contributed by atoms with Gasteiger partial charge in [-0.15, -0.1) is 0 Å². The van der Waals surface area contributed by atoms with Gasteiger partial charge in [-0.05, 0) is 53.5 Å². The minimum absolute atomic E-state index is 0.0564. The lowest BCUT2D eigenvalue weighted by atomic mass is 10.1. The van der Waals surface area contributed by atoms with Crippen LogP contribution in [0.25, 0.3) is 0 Å². The molecular formula is C15H17BrN2O2. The van der Waals surface area contributed by atoms with Crippen molar-refractivity contribution in [3.8, 4) is 0 Å². The lowest BCUT2D eigenvalue weighted by Crippen LogP contribution is -2.33. The summed E-state index contributed by atoms with van der Waals surface area (Å²) in [6.45, 7) is 1.97. The molecule has 4 nitrogen and oxygen atoms in total. The molecule has 1 amide bonds. The van der Waals surface area contributed by atoms with Crippen molar-refractivity contribution in [1.29, 1.82) is 0 Å². The van der Waals surface area contributed by atoms with Crippen LogP contribution in [-0.4, -0.2) is 11.9 Å². The maximum absolute atomic E-state index is 12.2. The number of nitrogens with one attached hydrogen (secondary N) is 1. The summed E-state index contributed by atoms with van der Waals surface area (Å²) in [5, 5.41) is 2.96. The van der Waals surface area contributed by atoms with Crippen LogP contribution in [-0.2, 0) is 6.42 Å². The number of hydrogen-bond acceptors (Lipinski definition) is 3.